The molecule has 0 fully saturated rings. The van der Waals surface area contributed by atoms with Crippen LogP contribution in [0, 0.1) is 6.92 Å². The second-order valence-corrected chi connectivity index (χ2v) is 9.48. The van der Waals surface area contributed by atoms with Crippen molar-refractivity contribution in [1.82, 2.24) is 9.62 Å². The van der Waals surface area contributed by atoms with Gasteiger partial charge < -0.3 is 10.6 Å². The van der Waals surface area contributed by atoms with E-state index in [0.717, 1.165) is 24.8 Å². The van der Waals surface area contributed by atoms with Gasteiger partial charge in [-0.25, -0.2) is 12.7 Å². The molecule has 3 rings (SSSR count). The van der Waals surface area contributed by atoms with Gasteiger partial charge in [-0.15, -0.1) is 0 Å². The first kappa shape index (κ1) is 20.4. The van der Waals surface area contributed by atoms with Gasteiger partial charge in [0, 0.05) is 19.8 Å². The molecule has 6 nitrogen and oxygen atoms in total. The fourth-order valence-electron chi connectivity index (χ4n) is 3.49. The second-order valence-electron chi connectivity index (χ2n) is 7.33. The Hall–Kier alpha value is -2.38. The predicted molar refractivity (Wildman–Crippen MR) is 111 cm³/mol. The lowest BCUT2D eigenvalue weighted by molar-refractivity contribution is -0.120. The van der Waals surface area contributed by atoms with E-state index < -0.39 is 10.0 Å². The molecular weight excluding hydrogens is 374 g/mol. The number of hydrogen-bond acceptors (Lipinski definition) is 4. The first-order valence-electron chi connectivity index (χ1n) is 9.43. The number of benzene rings is 2. The van der Waals surface area contributed by atoms with Crippen molar-refractivity contribution in [2.24, 2.45) is 0 Å². The fraction of sp³-hybridized carbons (Fsp3) is 0.381. The maximum Gasteiger partial charge on any atom is 0.242 e. The zero-order valence-corrected chi connectivity index (χ0v) is 17.3. The summed E-state index contributed by atoms with van der Waals surface area (Å²) in [6.07, 6.45) is 3.03. The van der Waals surface area contributed by atoms with E-state index in [1.807, 2.05) is 19.1 Å². The molecule has 28 heavy (non-hydrogen) atoms. The second kappa shape index (κ2) is 8.32. The number of sulfonamides is 1. The summed E-state index contributed by atoms with van der Waals surface area (Å²) in [6, 6.07) is 13.2. The maximum absolute atomic E-state index is 12.5. The van der Waals surface area contributed by atoms with Gasteiger partial charge in [-0.05, 0) is 55.0 Å². The molecular formula is C21H27N3O3S. The zero-order valence-electron chi connectivity index (χ0n) is 16.5. The van der Waals surface area contributed by atoms with Crippen LogP contribution >= 0.6 is 0 Å². The van der Waals surface area contributed by atoms with Crippen LogP contribution in [0.4, 0.5) is 5.69 Å². The highest BCUT2D eigenvalue weighted by molar-refractivity contribution is 7.89. The quantitative estimate of drug-likeness (QED) is 0.780. The van der Waals surface area contributed by atoms with Crippen LogP contribution in [-0.2, 0) is 21.2 Å². The highest BCUT2D eigenvalue weighted by atomic mass is 32.2. The molecule has 1 aliphatic rings. The molecule has 2 aromatic carbocycles. The van der Waals surface area contributed by atoms with Crippen LogP contribution < -0.4 is 10.6 Å². The minimum atomic E-state index is -3.52. The van der Waals surface area contributed by atoms with Crippen molar-refractivity contribution in [3.63, 3.8) is 0 Å². The van der Waals surface area contributed by atoms with Crippen molar-refractivity contribution in [3.05, 3.63) is 59.2 Å². The van der Waals surface area contributed by atoms with Gasteiger partial charge in [0.05, 0.1) is 17.5 Å². The third-order valence-electron chi connectivity index (χ3n) is 5.13. The number of nitrogens with one attached hydrogen (secondary N) is 2. The number of aryl methyl sites for hydroxylation is 2. The Morgan fingerprint density at radius 2 is 1.93 bits per heavy atom. The normalized spacial score (nSPS) is 16.5. The minimum absolute atomic E-state index is 0.0285. The summed E-state index contributed by atoms with van der Waals surface area (Å²) in [6.45, 7) is 1.97. The summed E-state index contributed by atoms with van der Waals surface area (Å²) in [4.78, 5) is 12.7. The van der Waals surface area contributed by atoms with Gasteiger partial charge in [-0.3, -0.25) is 4.79 Å². The van der Waals surface area contributed by atoms with E-state index in [9.17, 15) is 13.2 Å². The molecule has 1 aliphatic carbocycles. The fourth-order valence-corrected chi connectivity index (χ4v) is 4.42. The van der Waals surface area contributed by atoms with E-state index in [1.165, 1.54) is 29.5 Å². The smallest absolute Gasteiger partial charge is 0.242 e. The third-order valence-corrected chi connectivity index (χ3v) is 6.94. The Bertz CT molecular complexity index is 971. The number of rotatable bonds is 6. The van der Waals surface area contributed by atoms with Crippen LogP contribution in [0.15, 0.2) is 47.4 Å². The number of nitrogens with zero attached hydrogens (tertiary/aromatic N) is 1. The van der Waals surface area contributed by atoms with Gasteiger partial charge >= 0.3 is 0 Å². The molecule has 0 spiro atoms. The van der Waals surface area contributed by atoms with Gasteiger partial charge in [0.25, 0.3) is 0 Å². The van der Waals surface area contributed by atoms with Gasteiger partial charge in [0.15, 0.2) is 0 Å². The minimum Gasteiger partial charge on any atom is -0.376 e. The van der Waals surface area contributed by atoms with Gasteiger partial charge in [-0.1, -0.05) is 30.3 Å². The Labute approximate surface area is 167 Å². The van der Waals surface area contributed by atoms with E-state index in [1.54, 1.807) is 18.2 Å². The Morgan fingerprint density at radius 1 is 1.18 bits per heavy atom. The number of carbonyl (C=O) groups excluding carboxylic acids is 1. The van der Waals surface area contributed by atoms with Gasteiger partial charge in [-0.2, -0.15) is 0 Å². The van der Waals surface area contributed by atoms with Crippen LogP contribution in [0.3, 0.4) is 0 Å². The zero-order chi connectivity index (χ0) is 20.3. The van der Waals surface area contributed by atoms with Gasteiger partial charge in [0.1, 0.15) is 0 Å². The first-order chi connectivity index (χ1) is 13.3. The van der Waals surface area contributed by atoms with Crippen LogP contribution in [0.1, 0.15) is 35.6 Å². The molecule has 0 aromatic heterocycles. The summed E-state index contributed by atoms with van der Waals surface area (Å²) < 4.78 is 25.8. The Balaban J connectivity index is 1.67. The monoisotopic (exact) mass is 401 g/mol. The van der Waals surface area contributed by atoms with Crippen molar-refractivity contribution in [2.45, 2.75) is 37.1 Å². The molecule has 150 valence electrons. The van der Waals surface area contributed by atoms with Crippen molar-refractivity contribution < 1.29 is 13.2 Å². The molecule has 0 saturated carbocycles. The van der Waals surface area contributed by atoms with E-state index >= 15 is 0 Å². The largest absolute Gasteiger partial charge is 0.376 e. The summed E-state index contributed by atoms with van der Waals surface area (Å²) in [7, 11) is -0.523. The Kier molecular flexibility index (Phi) is 6.05. The highest BCUT2D eigenvalue weighted by Crippen LogP contribution is 2.29. The van der Waals surface area contributed by atoms with Crippen molar-refractivity contribution in [1.29, 1.82) is 0 Å². The van der Waals surface area contributed by atoms with Crippen molar-refractivity contribution in [2.75, 3.05) is 26.0 Å². The lowest BCUT2D eigenvalue weighted by Crippen LogP contribution is -2.35. The maximum atomic E-state index is 12.5. The SMILES string of the molecule is Cc1ccc(S(=O)(=O)N(C)C)cc1NCC(=O)NC1CCCc2ccccc21. The molecule has 1 amide bonds. The molecule has 0 saturated heterocycles. The van der Waals surface area contributed by atoms with Crippen LogP contribution in [0.2, 0.25) is 0 Å². The van der Waals surface area contributed by atoms with Crippen LogP contribution in [-0.4, -0.2) is 39.3 Å². The number of hydrogen-bond donors (Lipinski definition) is 2. The molecule has 0 radical (unpaired) electrons. The summed E-state index contributed by atoms with van der Waals surface area (Å²) in [5.41, 5.74) is 4.01. The van der Waals surface area contributed by atoms with Crippen molar-refractivity contribution >= 4 is 21.6 Å². The highest BCUT2D eigenvalue weighted by Gasteiger charge is 2.22. The summed E-state index contributed by atoms with van der Waals surface area (Å²) in [5.74, 6) is -0.109. The number of amides is 1. The van der Waals surface area contributed by atoms with E-state index in [0.29, 0.717) is 5.69 Å². The molecule has 7 heteroatoms. The van der Waals surface area contributed by atoms with Crippen molar-refractivity contribution in [3.8, 4) is 0 Å². The summed E-state index contributed by atoms with van der Waals surface area (Å²) in [5, 5.41) is 6.18. The van der Waals surface area contributed by atoms with Crippen LogP contribution in [0.25, 0.3) is 0 Å². The lowest BCUT2D eigenvalue weighted by atomic mass is 9.88. The standard InChI is InChI=1S/C21H27N3O3S/c1-15-11-12-17(28(26,27)24(2)3)13-20(15)22-14-21(25)23-19-10-6-8-16-7-4-5-9-18(16)19/h4-5,7,9,11-13,19,22H,6,8,10,14H2,1-3H3,(H,23,25). The number of anilines is 1. The third kappa shape index (κ3) is 4.36. The first-order valence-corrected chi connectivity index (χ1v) is 10.9. The number of fused-ring (bicyclic) bond motifs is 1. The van der Waals surface area contributed by atoms with E-state index in [-0.39, 0.29) is 23.4 Å². The predicted octanol–water partition coefficient (Wildman–Crippen LogP) is 2.85. The molecule has 0 bridgehead atoms. The summed E-state index contributed by atoms with van der Waals surface area (Å²) >= 11 is 0. The average Bonchev–Trinajstić information content (AvgIpc) is 2.67. The van der Waals surface area contributed by atoms with E-state index in [2.05, 4.69) is 22.8 Å². The molecule has 0 aliphatic heterocycles. The lowest BCUT2D eigenvalue weighted by Gasteiger charge is -2.26. The number of carbonyl (C=O) groups is 1. The molecule has 1 unspecified atom stereocenters. The van der Waals surface area contributed by atoms with Gasteiger partial charge in [0.2, 0.25) is 15.9 Å². The van der Waals surface area contributed by atoms with Crippen LogP contribution in [0.5, 0.6) is 0 Å². The Morgan fingerprint density at radius 3 is 2.68 bits per heavy atom. The topological polar surface area (TPSA) is 78.5 Å². The molecule has 1 atom stereocenters. The average molecular weight is 402 g/mol. The van der Waals surface area contributed by atoms with E-state index in [4.69, 9.17) is 0 Å². The molecule has 2 N–H and O–H groups in total. The molecule has 2 aromatic rings. The molecule has 0 heterocycles.